The summed E-state index contributed by atoms with van der Waals surface area (Å²) in [5, 5.41) is 21.8. The average Bonchev–Trinajstić information content (AvgIpc) is 2.35. The number of hydrogen-bond acceptors (Lipinski definition) is 4. The molecule has 1 aromatic carbocycles. The predicted molar refractivity (Wildman–Crippen MR) is 67.1 cm³/mol. The lowest BCUT2D eigenvalue weighted by atomic mass is 10.1. The first-order chi connectivity index (χ1) is 8.03. The number of ether oxygens (including phenoxy) is 1. The highest BCUT2D eigenvalue weighted by Gasteiger charge is 2.17. The Kier molecular flexibility index (Phi) is 5.41. The van der Waals surface area contributed by atoms with E-state index in [4.69, 9.17) is 9.84 Å². The molecule has 0 saturated heterocycles. The second-order valence-electron chi connectivity index (χ2n) is 4.70. The van der Waals surface area contributed by atoms with Gasteiger partial charge >= 0.3 is 0 Å². The normalized spacial score (nSPS) is 13.4. The van der Waals surface area contributed by atoms with E-state index in [1.165, 1.54) is 0 Å². The maximum Gasteiger partial charge on any atom is 0.119 e. The molecule has 0 aliphatic heterocycles. The summed E-state index contributed by atoms with van der Waals surface area (Å²) < 4.78 is 5.41. The zero-order valence-electron chi connectivity index (χ0n) is 10.4. The minimum absolute atomic E-state index is 0.0270. The number of aliphatic hydroxyl groups is 2. The fourth-order valence-electron chi connectivity index (χ4n) is 1.22. The topological polar surface area (TPSA) is 61.7 Å². The lowest BCUT2D eigenvalue weighted by Gasteiger charge is -2.25. The molecule has 0 spiro atoms. The highest BCUT2D eigenvalue weighted by atomic mass is 16.5. The summed E-state index contributed by atoms with van der Waals surface area (Å²) in [7, 11) is 0. The molecule has 4 nitrogen and oxygen atoms in total. The molecule has 0 aliphatic carbocycles. The van der Waals surface area contributed by atoms with Crippen molar-refractivity contribution in [3.8, 4) is 5.75 Å². The van der Waals surface area contributed by atoms with Crippen LogP contribution >= 0.6 is 0 Å². The van der Waals surface area contributed by atoms with E-state index in [1.807, 2.05) is 44.2 Å². The monoisotopic (exact) mass is 239 g/mol. The summed E-state index contributed by atoms with van der Waals surface area (Å²) in [6.07, 6.45) is -0.596. The van der Waals surface area contributed by atoms with Gasteiger partial charge < -0.3 is 20.3 Å². The number of benzene rings is 1. The zero-order valence-corrected chi connectivity index (χ0v) is 10.4. The summed E-state index contributed by atoms with van der Waals surface area (Å²) >= 11 is 0. The second-order valence-corrected chi connectivity index (χ2v) is 4.70. The van der Waals surface area contributed by atoms with E-state index in [0.717, 1.165) is 5.75 Å². The number of β-amino-alcohol motifs (C(OH)–C–C–N with tert-alkyl or cyclic N) is 1. The Morgan fingerprint density at radius 1 is 1.29 bits per heavy atom. The molecule has 96 valence electrons. The maximum atomic E-state index is 9.70. The van der Waals surface area contributed by atoms with Gasteiger partial charge in [0.05, 0.1) is 6.61 Å². The fraction of sp³-hybridized carbons (Fsp3) is 0.538. The van der Waals surface area contributed by atoms with Crippen molar-refractivity contribution in [1.82, 2.24) is 5.32 Å². The zero-order chi connectivity index (χ0) is 12.7. The number of hydrogen-bond donors (Lipinski definition) is 3. The molecule has 3 N–H and O–H groups in total. The van der Waals surface area contributed by atoms with Crippen LogP contribution in [0.2, 0.25) is 0 Å². The van der Waals surface area contributed by atoms with Crippen LogP contribution in [0.5, 0.6) is 5.75 Å². The first kappa shape index (κ1) is 14.0. The highest BCUT2D eigenvalue weighted by molar-refractivity contribution is 5.20. The molecular formula is C13H21NO3. The molecule has 17 heavy (non-hydrogen) atoms. The summed E-state index contributed by atoms with van der Waals surface area (Å²) in [5.41, 5.74) is -0.381. The molecule has 0 radical (unpaired) electrons. The van der Waals surface area contributed by atoms with Crippen LogP contribution in [0, 0.1) is 0 Å². The lowest BCUT2D eigenvalue weighted by Crippen LogP contribution is -2.47. The Bertz CT molecular complexity index is 314. The van der Waals surface area contributed by atoms with Crippen molar-refractivity contribution in [2.24, 2.45) is 0 Å². The van der Waals surface area contributed by atoms with Gasteiger partial charge in [0.1, 0.15) is 18.5 Å². The van der Waals surface area contributed by atoms with Gasteiger partial charge in [0.25, 0.3) is 0 Å². The molecule has 4 heteroatoms. The van der Waals surface area contributed by atoms with Crippen LogP contribution < -0.4 is 10.1 Å². The lowest BCUT2D eigenvalue weighted by molar-refractivity contribution is 0.0907. The summed E-state index contributed by atoms with van der Waals surface area (Å²) in [6.45, 7) is 4.40. The third-order valence-electron chi connectivity index (χ3n) is 2.40. The van der Waals surface area contributed by atoms with Crippen molar-refractivity contribution in [2.75, 3.05) is 19.8 Å². The van der Waals surface area contributed by atoms with E-state index >= 15 is 0 Å². The molecule has 1 aromatic rings. The van der Waals surface area contributed by atoms with Gasteiger partial charge in [-0.15, -0.1) is 0 Å². The molecule has 0 amide bonds. The van der Waals surface area contributed by atoms with E-state index in [-0.39, 0.29) is 18.8 Å². The van der Waals surface area contributed by atoms with Crippen LogP contribution in [0.15, 0.2) is 30.3 Å². The van der Waals surface area contributed by atoms with Gasteiger partial charge in [-0.25, -0.2) is 0 Å². The van der Waals surface area contributed by atoms with Crippen molar-refractivity contribution in [1.29, 1.82) is 0 Å². The van der Waals surface area contributed by atoms with Crippen LogP contribution in [-0.2, 0) is 0 Å². The van der Waals surface area contributed by atoms with Crippen LogP contribution in [0.25, 0.3) is 0 Å². The van der Waals surface area contributed by atoms with Crippen LogP contribution in [-0.4, -0.2) is 41.6 Å². The average molecular weight is 239 g/mol. The third-order valence-corrected chi connectivity index (χ3v) is 2.40. The van der Waals surface area contributed by atoms with Gasteiger partial charge in [-0.2, -0.15) is 0 Å². The van der Waals surface area contributed by atoms with Gasteiger partial charge in [0.2, 0.25) is 0 Å². The Balaban J connectivity index is 2.24. The summed E-state index contributed by atoms with van der Waals surface area (Å²) in [4.78, 5) is 0. The van der Waals surface area contributed by atoms with Crippen molar-refractivity contribution in [3.05, 3.63) is 30.3 Å². The second kappa shape index (κ2) is 6.59. The molecule has 0 saturated carbocycles. The SMILES string of the molecule is CC(C)(CO)NCC(O)COc1ccccc1. The molecule has 0 aliphatic rings. The predicted octanol–water partition coefficient (Wildman–Crippen LogP) is 0.787. The Hall–Kier alpha value is -1.10. The van der Waals surface area contributed by atoms with Gasteiger partial charge in [0, 0.05) is 12.1 Å². The number of nitrogens with one attached hydrogen (secondary N) is 1. The van der Waals surface area contributed by atoms with Crippen LogP contribution in [0.3, 0.4) is 0 Å². The number of aliphatic hydroxyl groups excluding tert-OH is 2. The first-order valence-electron chi connectivity index (χ1n) is 5.75. The molecule has 0 fully saturated rings. The first-order valence-corrected chi connectivity index (χ1v) is 5.75. The Morgan fingerprint density at radius 3 is 2.53 bits per heavy atom. The number of para-hydroxylation sites is 1. The van der Waals surface area contributed by atoms with Gasteiger partial charge in [-0.3, -0.25) is 0 Å². The largest absolute Gasteiger partial charge is 0.491 e. The minimum atomic E-state index is -0.596. The minimum Gasteiger partial charge on any atom is -0.491 e. The van der Waals surface area contributed by atoms with Crippen molar-refractivity contribution < 1.29 is 14.9 Å². The quantitative estimate of drug-likeness (QED) is 0.658. The standard InChI is InChI=1S/C13H21NO3/c1-13(2,10-15)14-8-11(16)9-17-12-6-4-3-5-7-12/h3-7,11,14-16H,8-10H2,1-2H3. The molecule has 1 unspecified atom stereocenters. The molecule has 1 rings (SSSR count). The van der Waals surface area contributed by atoms with E-state index in [2.05, 4.69) is 5.32 Å². The van der Waals surface area contributed by atoms with E-state index < -0.39 is 6.10 Å². The summed E-state index contributed by atoms with van der Waals surface area (Å²) in [5.74, 6) is 0.743. The maximum absolute atomic E-state index is 9.70. The molecular weight excluding hydrogens is 218 g/mol. The van der Waals surface area contributed by atoms with Gasteiger partial charge in [0.15, 0.2) is 0 Å². The van der Waals surface area contributed by atoms with Crippen molar-refractivity contribution in [2.45, 2.75) is 25.5 Å². The molecule has 0 heterocycles. The molecule has 0 bridgehead atoms. The Labute approximate surface area is 102 Å². The van der Waals surface area contributed by atoms with E-state index in [0.29, 0.717) is 6.54 Å². The third kappa shape index (κ3) is 5.68. The highest BCUT2D eigenvalue weighted by Crippen LogP contribution is 2.08. The smallest absolute Gasteiger partial charge is 0.119 e. The fourth-order valence-corrected chi connectivity index (χ4v) is 1.22. The molecule has 1 atom stereocenters. The van der Waals surface area contributed by atoms with Crippen LogP contribution in [0.1, 0.15) is 13.8 Å². The van der Waals surface area contributed by atoms with E-state index in [1.54, 1.807) is 0 Å². The van der Waals surface area contributed by atoms with Crippen LogP contribution in [0.4, 0.5) is 0 Å². The number of rotatable bonds is 7. The van der Waals surface area contributed by atoms with Gasteiger partial charge in [-0.05, 0) is 26.0 Å². The molecule has 0 aromatic heterocycles. The van der Waals surface area contributed by atoms with Crippen molar-refractivity contribution in [3.63, 3.8) is 0 Å². The van der Waals surface area contributed by atoms with Crippen molar-refractivity contribution >= 4 is 0 Å². The Morgan fingerprint density at radius 2 is 1.94 bits per heavy atom. The summed E-state index contributed by atoms with van der Waals surface area (Å²) in [6, 6.07) is 9.37. The van der Waals surface area contributed by atoms with Gasteiger partial charge in [-0.1, -0.05) is 18.2 Å². The van der Waals surface area contributed by atoms with E-state index in [9.17, 15) is 5.11 Å².